The van der Waals surface area contributed by atoms with E-state index in [-0.39, 0.29) is 0 Å². The Balaban J connectivity index is 2.28. The molecule has 0 atom stereocenters. The molecular weight excluding hydrogens is 504 g/mol. The molecule has 35 heavy (non-hydrogen) atoms. The van der Waals surface area contributed by atoms with Gasteiger partial charge < -0.3 is 17.9 Å². The predicted octanol–water partition coefficient (Wildman–Crippen LogP) is 5.46. The molecule has 0 amide bonds. The SMILES string of the molecule is CN=C([S-])[P+](N=P(C(=S)NC)(c1ccccc1)c1ccccc1)(c1ccccc1)c1ccccc1. The molecule has 0 aliphatic rings. The van der Waals surface area contributed by atoms with Crippen LogP contribution in [0.2, 0.25) is 0 Å². The Morgan fingerprint density at radius 3 is 1.43 bits per heavy atom. The van der Waals surface area contributed by atoms with Crippen molar-refractivity contribution in [2.75, 3.05) is 14.1 Å². The maximum Gasteiger partial charge on any atom is 0.220 e. The number of nitrogens with one attached hydrogen (secondary N) is 1. The van der Waals surface area contributed by atoms with Gasteiger partial charge in [-0.05, 0) is 24.3 Å². The highest BCUT2D eigenvalue weighted by molar-refractivity contribution is 8.21. The molecule has 0 spiro atoms. The summed E-state index contributed by atoms with van der Waals surface area (Å²) in [7, 11) is -1.72. The summed E-state index contributed by atoms with van der Waals surface area (Å²) in [5.74, 6) is 0. The first-order valence-corrected chi connectivity index (χ1v) is 15.5. The van der Waals surface area contributed by atoms with Gasteiger partial charge in [-0.2, -0.15) is 0 Å². The van der Waals surface area contributed by atoms with Crippen molar-refractivity contribution in [3.8, 4) is 0 Å². The second-order valence-corrected chi connectivity index (χ2v) is 15.4. The summed E-state index contributed by atoms with van der Waals surface area (Å²) in [6.45, 7) is 0. The van der Waals surface area contributed by atoms with Crippen LogP contribution >= 0.6 is 26.7 Å². The summed E-state index contributed by atoms with van der Waals surface area (Å²) in [6.07, 6.45) is 0. The van der Waals surface area contributed by atoms with Crippen molar-refractivity contribution in [3.63, 3.8) is 0 Å². The lowest BCUT2D eigenvalue weighted by molar-refractivity contribution is 1.23. The topological polar surface area (TPSA) is 36.8 Å². The zero-order chi connectivity index (χ0) is 24.7. The van der Waals surface area contributed by atoms with Crippen LogP contribution in [0.1, 0.15) is 0 Å². The third-order valence-corrected chi connectivity index (χ3v) is 15.6. The molecule has 0 radical (unpaired) electrons. The normalized spacial score (nSPS) is 12.1. The van der Waals surface area contributed by atoms with Crippen LogP contribution in [0, 0.1) is 0 Å². The number of aliphatic imine (C=N–C) groups is 1. The van der Waals surface area contributed by atoms with Crippen LogP contribution in [-0.4, -0.2) is 23.6 Å². The van der Waals surface area contributed by atoms with E-state index in [0.717, 1.165) is 21.2 Å². The molecule has 0 aliphatic heterocycles. The van der Waals surface area contributed by atoms with E-state index >= 15 is 0 Å². The Morgan fingerprint density at radius 1 is 0.714 bits per heavy atom. The molecule has 3 nitrogen and oxygen atoms in total. The fraction of sp³-hybridized carbons (Fsp3) is 0.0714. The Kier molecular flexibility index (Phi) is 8.26. The first-order valence-electron chi connectivity index (χ1n) is 11.2. The van der Waals surface area contributed by atoms with E-state index in [1.54, 1.807) is 7.05 Å². The van der Waals surface area contributed by atoms with Crippen molar-refractivity contribution < 1.29 is 0 Å². The molecule has 176 valence electrons. The van der Waals surface area contributed by atoms with Crippen LogP contribution in [0.15, 0.2) is 131 Å². The molecule has 7 heteroatoms. The molecule has 1 N–H and O–H groups in total. The standard InChI is InChI=1S/C28H27N3P2S2/c1-29-27(34)32(23-15-7-3-8-16-23,24-17-9-4-10-18-24)31-33(28(35)30-2,25-19-11-5-12-20-25)26-21-13-6-14-22-26/h3-22H,1-2H3,(H-,29,30,34,35). The van der Waals surface area contributed by atoms with Gasteiger partial charge in [-0.3, -0.25) is 4.99 Å². The third kappa shape index (κ3) is 4.75. The molecule has 0 heterocycles. The van der Waals surface area contributed by atoms with E-state index in [2.05, 4.69) is 83.1 Å². The van der Waals surface area contributed by atoms with Crippen molar-refractivity contribution >= 4 is 70.0 Å². The predicted molar refractivity (Wildman–Crippen MR) is 163 cm³/mol. The van der Waals surface area contributed by atoms with Crippen LogP contribution in [0.5, 0.6) is 0 Å². The summed E-state index contributed by atoms with van der Waals surface area (Å²) in [4.78, 5) is 5.21. The van der Waals surface area contributed by atoms with E-state index in [1.807, 2.05) is 55.6 Å². The summed E-state index contributed by atoms with van der Waals surface area (Å²) in [5, 5.41) is 7.62. The summed E-state index contributed by atoms with van der Waals surface area (Å²) >= 11 is 12.2. The number of hydrogen-bond acceptors (Lipinski definition) is 4. The molecule has 0 bridgehead atoms. The minimum Gasteiger partial charge on any atom is -0.719 e. The van der Waals surface area contributed by atoms with Gasteiger partial charge in [0.1, 0.15) is 22.4 Å². The van der Waals surface area contributed by atoms with Gasteiger partial charge in [0.05, 0.1) is 4.78 Å². The van der Waals surface area contributed by atoms with Crippen LogP contribution in [0.25, 0.3) is 0 Å². The first kappa shape index (κ1) is 25.4. The number of thiocarbonyl (C=S) groups is 1. The highest BCUT2D eigenvalue weighted by atomic mass is 32.1. The number of benzene rings is 4. The third-order valence-electron chi connectivity index (χ3n) is 5.76. The summed E-state index contributed by atoms with van der Waals surface area (Å²) < 4.78 is 6.66. The number of rotatable bonds is 7. The fourth-order valence-corrected chi connectivity index (χ4v) is 14.5. The second-order valence-electron chi connectivity index (χ2n) is 7.76. The molecule has 4 rings (SSSR count). The zero-order valence-corrected chi connectivity index (χ0v) is 23.1. The molecule has 0 unspecified atom stereocenters. The Labute approximate surface area is 219 Å². The fourth-order valence-electron chi connectivity index (χ4n) is 4.12. The molecule has 0 saturated heterocycles. The maximum absolute atomic E-state index is 6.13. The second kappa shape index (κ2) is 11.4. The van der Waals surface area contributed by atoms with Gasteiger partial charge in [0.2, 0.25) is 7.41 Å². The van der Waals surface area contributed by atoms with E-state index in [0.29, 0.717) is 9.51 Å². The number of hydrogen-bond donors (Lipinski definition) is 1. The lowest BCUT2D eigenvalue weighted by Gasteiger charge is -2.33. The zero-order valence-electron chi connectivity index (χ0n) is 19.7. The summed E-state index contributed by atoms with van der Waals surface area (Å²) in [6, 6.07) is 41.5. The highest BCUT2D eigenvalue weighted by Crippen LogP contribution is 2.68. The lowest BCUT2D eigenvalue weighted by Crippen LogP contribution is -2.32. The van der Waals surface area contributed by atoms with E-state index in [1.165, 1.54) is 0 Å². The van der Waals surface area contributed by atoms with Gasteiger partial charge in [-0.15, -0.1) is 4.52 Å². The van der Waals surface area contributed by atoms with Crippen molar-refractivity contribution in [1.29, 1.82) is 0 Å². The van der Waals surface area contributed by atoms with Crippen molar-refractivity contribution in [2.45, 2.75) is 0 Å². The number of nitrogens with zero attached hydrogens (tertiary/aromatic N) is 2. The van der Waals surface area contributed by atoms with Crippen molar-refractivity contribution in [3.05, 3.63) is 121 Å². The average molecular weight is 532 g/mol. The molecule has 4 aromatic rings. The molecule has 4 aromatic carbocycles. The Hall–Kier alpha value is -2.68. The molecule has 0 saturated carbocycles. The molecule has 0 aliphatic carbocycles. The van der Waals surface area contributed by atoms with Crippen LogP contribution in [0.3, 0.4) is 0 Å². The largest absolute Gasteiger partial charge is 0.719 e. The average Bonchev–Trinajstić information content (AvgIpc) is 2.95. The molecular formula is C28H27N3P2S2. The van der Waals surface area contributed by atoms with E-state index in [4.69, 9.17) is 29.4 Å². The van der Waals surface area contributed by atoms with Crippen molar-refractivity contribution in [1.82, 2.24) is 5.32 Å². The Bertz CT molecular complexity index is 1280. The van der Waals surface area contributed by atoms with Gasteiger partial charge in [0.25, 0.3) is 0 Å². The van der Waals surface area contributed by atoms with Gasteiger partial charge in [-0.25, -0.2) is 0 Å². The smallest absolute Gasteiger partial charge is 0.220 e. The van der Waals surface area contributed by atoms with Crippen LogP contribution < -0.4 is 26.5 Å². The van der Waals surface area contributed by atoms with E-state index < -0.39 is 14.5 Å². The van der Waals surface area contributed by atoms with Gasteiger partial charge in [0, 0.05) is 24.7 Å². The lowest BCUT2D eigenvalue weighted by atomic mass is 10.4. The maximum atomic E-state index is 6.13. The minimum atomic E-state index is -2.70. The van der Waals surface area contributed by atoms with Crippen molar-refractivity contribution in [2.24, 2.45) is 9.51 Å². The minimum absolute atomic E-state index is 0.602. The van der Waals surface area contributed by atoms with Crippen LogP contribution in [-0.2, 0) is 12.6 Å². The van der Waals surface area contributed by atoms with E-state index in [9.17, 15) is 0 Å². The highest BCUT2D eigenvalue weighted by Gasteiger charge is 2.48. The van der Waals surface area contributed by atoms with Gasteiger partial charge in [-0.1, -0.05) is 109 Å². The molecule has 0 aromatic heterocycles. The van der Waals surface area contributed by atoms with Gasteiger partial charge >= 0.3 is 0 Å². The molecule has 0 fully saturated rings. The quantitative estimate of drug-likeness (QED) is 0.113. The summed E-state index contributed by atoms with van der Waals surface area (Å²) in [5.41, 5.74) is 0. The monoisotopic (exact) mass is 531 g/mol. The first-order chi connectivity index (χ1) is 17.1. The van der Waals surface area contributed by atoms with Gasteiger partial charge in [0.15, 0.2) is 0 Å². The Morgan fingerprint density at radius 2 is 1.09 bits per heavy atom. The van der Waals surface area contributed by atoms with Crippen LogP contribution in [0.4, 0.5) is 0 Å².